The predicted molar refractivity (Wildman–Crippen MR) is 138 cm³/mol. The Labute approximate surface area is 212 Å². The number of amides is 1. The summed E-state index contributed by atoms with van der Waals surface area (Å²) in [5.41, 5.74) is 3.97. The minimum atomic E-state index is 0.0780. The zero-order valence-electron chi connectivity index (χ0n) is 20.6. The lowest BCUT2D eigenvalue weighted by Crippen LogP contribution is -2.50. The Bertz CT molecular complexity index is 1140. The number of rotatable bonds is 8. The first-order chi connectivity index (χ1) is 17.0. The van der Waals surface area contributed by atoms with E-state index >= 15 is 0 Å². The van der Waals surface area contributed by atoms with Crippen molar-refractivity contribution in [1.82, 2.24) is 24.6 Å². The van der Waals surface area contributed by atoms with Gasteiger partial charge in [0, 0.05) is 37.4 Å². The molecule has 35 heavy (non-hydrogen) atoms. The number of carbonyl (C=O) groups excluding carboxylic acids is 1. The van der Waals surface area contributed by atoms with Gasteiger partial charge in [0.15, 0.2) is 0 Å². The maximum Gasteiger partial charge on any atom is 0.272 e. The second-order valence-electron chi connectivity index (χ2n) is 10.0. The van der Waals surface area contributed by atoms with Gasteiger partial charge in [-0.05, 0) is 75.7 Å². The minimum Gasteiger partial charge on any atom is -0.331 e. The molecule has 3 heterocycles. The first-order valence-corrected chi connectivity index (χ1v) is 13.1. The summed E-state index contributed by atoms with van der Waals surface area (Å²) >= 11 is 6.50. The fourth-order valence-corrected chi connectivity index (χ4v) is 5.72. The largest absolute Gasteiger partial charge is 0.331 e. The number of benzene rings is 1. The van der Waals surface area contributed by atoms with Gasteiger partial charge in [-0.15, -0.1) is 0 Å². The Hall–Kier alpha value is -2.70. The third kappa shape index (κ3) is 5.44. The zero-order chi connectivity index (χ0) is 24.4. The van der Waals surface area contributed by atoms with E-state index in [1.165, 1.54) is 5.56 Å². The Morgan fingerprint density at radius 3 is 2.40 bits per heavy atom. The van der Waals surface area contributed by atoms with Gasteiger partial charge >= 0.3 is 0 Å². The van der Waals surface area contributed by atoms with Crippen molar-refractivity contribution in [3.05, 3.63) is 82.4 Å². The molecule has 1 atom stereocenters. The van der Waals surface area contributed by atoms with Crippen molar-refractivity contribution in [3.63, 3.8) is 0 Å². The molecular weight excluding hydrogens is 458 g/mol. The van der Waals surface area contributed by atoms with E-state index in [-0.39, 0.29) is 11.9 Å². The van der Waals surface area contributed by atoms with Gasteiger partial charge in [-0.1, -0.05) is 48.0 Å². The van der Waals surface area contributed by atoms with E-state index in [0.29, 0.717) is 17.7 Å². The summed E-state index contributed by atoms with van der Waals surface area (Å²) in [6.45, 7) is 4.85. The normalized spacial score (nSPS) is 17.9. The lowest BCUT2D eigenvalue weighted by Gasteiger charge is -2.41. The van der Waals surface area contributed by atoms with E-state index in [0.717, 1.165) is 68.1 Å². The molecule has 2 aliphatic rings. The zero-order valence-corrected chi connectivity index (χ0v) is 21.4. The van der Waals surface area contributed by atoms with Crippen LogP contribution in [0.25, 0.3) is 0 Å². The lowest BCUT2D eigenvalue weighted by atomic mass is 9.84. The molecule has 3 aromatic rings. The first-order valence-electron chi connectivity index (χ1n) is 12.7. The average Bonchev–Trinajstić information content (AvgIpc) is 3.69. The van der Waals surface area contributed by atoms with Crippen LogP contribution in [0.3, 0.4) is 0 Å². The highest BCUT2D eigenvalue weighted by Gasteiger charge is 2.42. The number of halogens is 1. The Morgan fingerprint density at radius 1 is 1.09 bits per heavy atom. The van der Waals surface area contributed by atoms with Crippen molar-refractivity contribution in [2.24, 2.45) is 13.0 Å². The molecule has 1 aromatic carbocycles. The molecule has 1 aliphatic heterocycles. The average molecular weight is 492 g/mol. The summed E-state index contributed by atoms with van der Waals surface area (Å²) in [5, 5.41) is 5.20. The van der Waals surface area contributed by atoms with E-state index in [4.69, 9.17) is 11.6 Å². The highest BCUT2D eigenvalue weighted by molar-refractivity contribution is 6.30. The molecule has 0 radical (unpaired) electrons. The van der Waals surface area contributed by atoms with Crippen LogP contribution in [0.1, 0.15) is 53.0 Å². The third-order valence-corrected chi connectivity index (χ3v) is 8.00. The molecule has 2 fully saturated rings. The van der Waals surface area contributed by atoms with E-state index in [1.54, 1.807) is 10.9 Å². The van der Waals surface area contributed by atoms with Crippen LogP contribution < -0.4 is 0 Å². The number of nitrogens with zero attached hydrogens (tertiary/aromatic N) is 5. The highest BCUT2D eigenvalue weighted by atomic mass is 35.5. The molecule has 6 nitrogen and oxygen atoms in total. The molecule has 0 N–H and O–H groups in total. The number of pyridine rings is 1. The van der Waals surface area contributed by atoms with Crippen LogP contribution in [0.5, 0.6) is 0 Å². The monoisotopic (exact) mass is 491 g/mol. The maximum atomic E-state index is 13.7. The van der Waals surface area contributed by atoms with E-state index in [9.17, 15) is 4.79 Å². The molecule has 2 aromatic heterocycles. The summed E-state index contributed by atoms with van der Waals surface area (Å²) in [4.78, 5) is 22.8. The number of piperidine rings is 1. The van der Waals surface area contributed by atoms with Crippen LogP contribution in [0.4, 0.5) is 0 Å². The van der Waals surface area contributed by atoms with Gasteiger partial charge < -0.3 is 4.90 Å². The molecule has 1 aliphatic carbocycles. The quantitative estimate of drug-likeness (QED) is 0.449. The molecule has 0 unspecified atom stereocenters. The van der Waals surface area contributed by atoms with Gasteiger partial charge in [0.2, 0.25) is 0 Å². The van der Waals surface area contributed by atoms with Gasteiger partial charge in [0.25, 0.3) is 5.91 Å². The molecule has 1 saturated heterocycles. The molecule has 1 amide bonds. The highest BCUT2D eigenvalue weighted by Crippen LogP contribution is 2.36. The van der Waals surface area contributed by atoms with Crippen LogP contribution in [0.15, 0.2) is 54.7 Å². The fraction of sp³-hybridized carbons (Fsp3) is 0.464. The second-order valence-corrected chi connectivity index (χ2v) is 10.4. The SMILES string of the molecule is Cc1nn(C)c(Cl)c1CN1CCC([C@@H](Cc2ccccc2)N(C(=O)c2ccccn2)C2CC2)CC1. The van der Waals surface area contributed by atoms with E-state index in [2.05, 4.69) is 50.2 Å². The van der Waals surface area contributed by atoms with Gasteiger partial charge in [-0.3, -0.25) is 19.4 Å². The molecule has 1 saturated carbocycles. The topological polar surface area (TPSA) is 54.3 Å². The number of aryl methyl sites for hydroxylation is 2. The van der Waals surface area contributed by atoms with Crippen molar-refractivity contribution < 1.29 is 4.79 Å². The molecule has 0 spiro atoms. The van der Waals surface area contributed by atoms with Crippen molar-refractivity contribution in [2.75, 3.05) is 13.1 Å². The molecule has 7 heteroatoms. The van der Waals surface area contributed by atoms with Crippen LogP contribution in [0, 0.1) is 12.8 Å². The second kappa shape index (κ2) is 10.5. The minimum absolute atomic E-state index is 0.0780. The summed E-state index contributed by atoms with van der Waals surface area (Å²) in [6.07, 6.45) is 6.89. The molecule has 0 bridgehead atoms. The Morgan fingerprint density at radius 2 is 1.80 bits per heavy atom. The fourth-order valence-electron chi connectivity index (χ4n) is 5.48. The van der Waals surface area contributed by atoms with E-state index < -0.39 is 0 Å². The first kappa shape index (κ1) is 24.0. The summed E-state index contributed by atoms with van der Waals surface area (Å²) in [5.74, 6) is 0.527. The van der Waals surface area contributed by atoms with Gasteiger partial charge in [-0.25, -0.2) is 0 Å². The summed E-state index contributed by atoms with van der Waals surface area (Å²) in [6, 6.07) is 16.7. The van der Waals surface area contributed by atoms with Crippen LogP contribution in [0.2, 0.25) is 5.15 Å². The number of hydrogen-bond donors (Lipinski definition) is 0. The molecule has 184 valence electrons. The van der Waals surface area contributed by atoms with Crippen LogP contribution in [-0.2, 0) is 20.0 Å². The van der Waals surface area contributed by atoms with Crippen LogP contribution >= 0.6 is 11.6 Å². The van der Waals surface area contributed by atoms with Gasteiger partial charge in [0.1, 0.15) is 10.8 Å². The Balaban J connectivity index is 1.35. The van der Waals surface area contributed by atoms with Crippen molar-refractivity contribution in [2.45, 2.75) is 57.7 Å². The number of hydrogen-bond acceptors (Lipinski definition) is 4. The lowest BCUT2D eigenvalue weighted by molar-refractivity contribution is 0.0477. The van der Waals surface area contributed by atoms with Gasteiger partial charge in [-0.2, -0.15) is 5.10 Å². The van der Waals surface area contributed by atoms with Crippen molar-refractivity contribution >= 4 is 17.5 Å². The van der Waals surface area contributed by atoms with Gasteiger partial charge in [0.05, 0.1) is 5.69 Å². The predicted octanol–water partition coefficient (Wildman–Crippen LogP) is 4.91. The third-order valence-electron chi connectivity index (χ3n) is 7.53. The number of carbonyl (C=O) groups is 1. The molecule has 5 rings (SSSR count). The summed E-state index contributed by atoms with van der Waals surface area (Å²) in [7, 11) is 1.89. The summed E-state index contributed by atoms with van der Waals surface area (Å²) < 4.78 is 1.76. The Kier molecular flexibility index (Phi) is 7.21. The molecular formula is C28H34ClN5O. The van der Waals surface area contributed by atoms with Crippen LogP contribution in [-0.4, -0.2) is 55.6 Å². The van der Waals surface area contributed by atoms with Crippen molar-refractivity contribution in [1.29, 1.82) is 0 Å². The van der Waals surface area contributed by atoms with Crippen molar-refractivity contribution in [3.8, 4) is 0 Å². The smallest absolute Gasteiger partial charge is 0.272 e. The standard InChI is InChI=1S/C28H34ClN5O/c1-20-24(27(29)32(2)31-20)19-33-16-13-22(14-17-33)26(18-21-8-4-3-5-9-21)34(23-11-12-23)28(35)25-10-6-7-15-30-25/h3-10,15,22-23,26H,11-14,16-19H2,1-2H3/t26-/m1/s1. The number of aromatic nitrogens is 3. The van der Waals surface area contributed by atoms with E-state index in [1.807, 2.05) is 32.2 Å². The maximum absolute atomic E-state index is 13.7. The number of likely N-dealkylation sites (tertiary alicyclic amines) is 1.